The first-order valence-electron chi connectivity index (χ1n) is 10.3. The number of amides is 2. The lowest BCUT2D eigenvalue weighted by molar-refractivity contribution is -0.126. The number of hydrogen-bond acceptors (Lipinski definition) is 3. The van der Waals surface area contributed by atoms with E-state index in [-0.39, 0.29) is 17.7 Å². The van der Waals surface area contributed by atoms with Crippen LogP contribution in [0.4, 0.5) is 8.78 Å². The Bertz CT molecular complexity index is 852. The number of imidazole rings is 1. The summed E-state index contributed by atoms with van der Waals surface area (Å²) in [6.07, 6.45) is 3.24. The van der Waals surface area contributed by atoms with Crippen LogP contribution in [-0.2, 0) is 4.79 Å². The maximum Gasteiger partial charge on any atom is 0.295 e. The minimum absolute atomic E-state index is 0.00425. The van der Waals surface area contributed by atoms with E-state index in [1.165, 1.54) is 6.42 Å². The van der Waals surface area contributed by atoms with Gasteiger partial charge in [-0.3, -0.25) is 9.59 Å². The Hall–Kier alpha value is -2.51. The smallest absolute Gasteiger partial charge is 0.295 e. The Kier molecular flexibility index (Phi) is 7.17. The molecule has 29 heavy (non-hydrogen) atoms. The van der Waals surface area contributed by atoms with Crippen LogP contribution in [0, 0.1) is 5.92 Å². The van der Waals surface area contributed by atoms with Gasteiger partial charge in [0.25, 0.3) is 12.3 Å². The van der Waals surface area contributed by atoms with E-state index in [1.807, 2.05) is 0 Å². The summed E-state index contributed by atoms with van der Waals surface area (Å²) in [5, 5.41) is 2.99. The molecule has 2 heterocycles. The van der Waals surface area contributed by atoms with Gasteiger partial charge in [-0.15, -0.1) is 0 Å². The van der Waals surface area contributed by atoms with Gasteiger partial charge < -0.3 is 15.2 Å². The molecule has 2 N–H and O–H groups in total. The monoisotopic (exact) mass is 406 g/mol. The highest BCUT2D eigenvalue weighted by Crippen LogP contribution is 2.23. The zero-order valence-electron chi connectivity index (χ0n) is 16.7. The van der Waals surface area contributed by atoms with E-state index >= 15 is 0 Å². The zero-order valence-corrected chi connectivity index (χ0v) is 16.7. The number of aromatic nitrogens is 2. The summed E-state index contributed by atoms with van der Waals surface area (Å²) in [4.78, 5) is 33.4. The number of H-pyrrole nitrogens is 1. The number of halogens is 2. The molecule has 1 aromatic heterocycles. The summed E-state index contributed by atoms with van der Waals surface area (Å²) in [5.74, 6) is -0.802. The van der Waals surface area contributed by atoms with Crippen LogP contribution in [0.2, 0.25) is 0 Å². The number of piperidine rings is 1. The second-order valence-electron chi connectivity index (χ2n) is 7.60. The van der Waals surface area contributed by atoms with Gasteiger partial charge in [0.15, 0.2) is 5.82 Å². The molecule has 0 radical (unpaired) electrons. The van der Waals surface area contributed by atoms with E-state index in [2.05, 4.69) is 22.2 Å². The lowest BCUT2D eigenvalue weighted by Crippen LogP contribution is -2.45. The van der Waals surface area contributed by atoms with Crippen LogP contribution in [-0.4, -0.2) is 46.3 Å². The number of hydrogen-bond donors (Lipinski definition) is 2. The van der Waals surface area contributed by atoms with Crippen molar-refractivity contribution >= 4 is 22.8 Å². The van der Waals surface area contributed by atoms with E-state index in [1.54, 1.807) is 23.1 Å². The van der Waals surface area contributed by atoms with E-state index in [4.69, 9.17) is 0 Å². The van der Waals surface area contributed by atoms with Crippen molar-refractivity contribution in [1.29, 1.82) is 0 Å². The van der Waals surface area contributed by atoms with Crippen LogP contribution < -0.4 is 5.32 Å². The van der Waals surface area contributed by atoms with Gasteiger partial charge in [-0.05, 0) is 37.5 Å². The molecule has 0 bridgehead atoms. The molecular formula is C21H28F2N4O2. The molecule has 8 heteroatoms. The normalized spacial score (nSPS) is 17.1. The summed E-state index contributed by atoms with van der Waals surface area (Å²) in [5.41, 5.74) is 1.21. The summed E-state index contributed by atoms with van der Waals surface area (Å²) < 4.78 is 25.6. The first kappa shape index (κ1) is 21.2. The summed E-state index contributed by atoms with van der Waals surface area (Å²) in [6.45, 7) is 3.78. The van der Waals surface area contributed by atoms with Crippen molar-refractivity contribution in [3.05, 3.63) is 29.6 Å². The maximum absolute atomic E-state index is 12.9. The fourth-order valence-electron chi connectivity index (χ4n) is 3.73. The Morgan fingerprint density at radius 3 is 2.90 bits per heavy atom. The lowest BCUT2D eigenvalue weighted by atomic mass is 9.96. The number of rotatable bonds is 8. The molecule has 1 aromatic carbocycles. The number of aromatic amines is 1. The number of nitrogens with one attached hydrogen (secondary N) is 2. The first-order valence-corrected chi connectivity index (χ1v) is 10.3. The highest BCUT2D eigenvalue weighted by Gasteiger charge is 2.29. The number of benzene rings is 1. The molecule has 1 unspecified atom stereocenters. The van der Waals surface area contributed by atoms with Crippen LogP contribution >= 0.6 is 0 Å². The number of nitrogens with zero attached hydrogens (tertiary/aromatic N) is 2. The lowest BCUT2D eigenvalue weighted by Gasteiger charge is -2.32. The van der Waals surface area contributed by atoms with Gasteiger partial charge in [-0.1, -0.05) is 26.2 Å². The van der Waals surface area contributed by atoms with Gasteiger partial charge in [0.1, 0.15) is 0 Å². The summed E-state index contributed by atoms with van der Waals surface area (Å²) in [7, 11) is 0. The Morgan fingerprint density at radius 1 is 1.31 bits per heavy atom. The molecule has 2 amide bonds. The molecule has 1 aliphatic heterocycles. The fraction of sp³-hybridized carbons (Fsp3) is 0.571. The minimum Gasteiger partial charge on any atom is -0.356 e. The largest absolute Gasteiger partial charge is 0.356 e. The van der Waals surface area contributed by atoms with Crippen LogP contribution in [0.3, 0.4) is 0 Å². The molecule has 0 saturated carbocycles. The zero-order chi connectivity index (χ0) is 20.8. The van der Waals surface area contributed by atoms with Crippen molar-refractivity contribution in [2.75, 3.05) is 19.6 Å². The maximum atomic E-state index is 12.9. The van der Waals surface area contributed by atoms with Crippen LogP contribution in [0.5, 0.6) is 0 Å². The van der Waals surface area contributed by atoms with Gasteiger partial charge in [-0.25, -0.2) is 13.8 Å². The number of likely N-dealkylation sites (tertiary alicyclic amines) is 1. The third-order valence-corrected chi connectivity index (χ3v) is 5.36. The Labute approximate surface area is 169 Å². The minimum atomic E-state index is -2.69. The van der Waals surface area contributed by atoms with Gasteiger partial charge in [0.2, 0.25) is 5.91 Å². The van der Waals surface area contributed by atoms with Crippen molar-refractivity contribution in [3.8, 4) is 0 Å². The standard InChI is InChI=1S/C21H28F2N4O2/c1-2-3-4-5-10-24-20(28)15-7-6-11-27(13-15)21(29)14-8-9-16-17(12-14)26-19(25-16)18(22)23/h8-9,12,15,18H,2-7,10-11,13H2,1H3,(H,24,28)(H,25,26). The molecule has 0 aliphatic carbocycles. The molecule has 1 atom stereocenters. The molecule has 6 nitrogen and oxygen atoms in total. The van der Waals surface area contributed by atoms with Crippen molar-refractivity contribution in [1.82, 2.24) is 20.2 Å². The predicted molar refractivity (Wildman–Crippen MR) is 107 cm³/mol. The summed E-state index contributed by atoms with van der Waals surface area (Å²) >= 11 is 0. The van der Waals surface area contributed by atoms with Crippen molar-refractivity contribution < 1.29 is 18.4 Å². The quantitative estimate of drug-likeness (QED) is 0.649. The number of unbranched alkanes of at least 4 members (excludes halogenated alkanes) is 3. The molecule has 1 saturated heterocycles. The van der Waals surface area contributed by atoms with E-state index in [9.17, 15) is 18.4 Å². The molecule has 1 aliphatic rings. The fourth-order valence-corrected chi connectivity index (χ4v) is 3.73. The third-order valence-electron chi connectivity index (χ3n) is 5.36. The van der Waals surface area contributed by atoms with Crippen LogP contribution in [0.1, 0.15) is 68.1 Å². The highest BCUT2D eigenvalue weighted by molar-refractivity contribution is 5.97. The van der Waals surface area contributed by atoms with E-state index in [0.29, 0.717) is 36.2 Å². The van der Waals surface area contributed by atoms with E-state index in [0.717, 1.165) is 32.1 Å². The second-order valence-corrected chi connectivity index (χ2v) is 7.60. The average Bonchev–Trinajstić information content (AvgIpc) is 3.17. The molecular weight excluding hydrogens is 378 g/mol. The third kappa shape index (κ3) is 5.31. The van der Waals surface area contributed by atoms with Crippen molar-refractivity contribution in [3.63, 3.8) is 0 Å². The highest BCUT2D eigenvalue weighted by atomic mass is 19.3. The first-order chi connectivity index (χ1) is 14.0. The van der Waals surface area contributed by atoms with Crippen LogP contribution in [0.15, 0.2) is 18.2 Å². The van der Waals surface area contributed by atoms with Gasteiger partial charge >= 0.3 is 0 Å². The van der Waals surface area contributed by atoms with Crippen molar-refractivity contribution in [2.45, 2.75) is 51.9 Å². The molecule has 2 aromatic rings. The van der Waals surface area contributed by atoms with Crippen molar-refractivity contribution in [2.24, 2.45) is 5.92 Å². The Balaban J connectivity index is 1.60. The van der Waals surface area contributed by atoms with Gasteiger partial charge in [-0.2, -0.15) is 0 Å². The predicted octanol–water partition coefficient (Wildman–Crippen LogP) is 4.05. The number of carbonyl (C=O) groups excluding carboxylic acids is 2. The number of fused-ring (bicyclic) bond motifs is 1. The molecule has 1 fully saturated rings. The van der Waals surface area contributed by atoms with E-state index < -0.39 is 12.2 Å². The Morgan fingerprint density at radius 2 is 2.14 bits per heavy atom. The molecule has 158 valence electrons. The summed E-state index contributed by atoms with van der Waals surface area (Å²) in [6, 6.07) is 4.71. The SMILES string of the molecule is CCCCCCNC(=O)C1CCCN(C(=O)c2ccc3nc(C(F)F)[nH]c3c2)C1. The van der Waals surface area contributed by atoms with Gasteiger partial charge in [0, 0.05) is 25.2 Å². The molecule has 0 spiro atoms. The van der Waals surface area contributed by atoms with Crippen LogP contribution in [0.25, 0.3) is 11.0 Å². The average molecular weight is 406 g/mol. The number of carbonyl (C=O) groups is 2. The second kappa shape index (κ2) is 9.80. The number of alkyl halides is 2. The molecule has 3 rings (SSSR count). The topological polar surface area (TPSA) is 78.1 Å². The van der Waals surface area contributed by atoms with Gasteiger partial charge in [0.05, 0.1) is 17.0 Å².